The molecule has 3 nitrogen and oxygen atoms in total. The van der Waals surface area contributed by atoms with Gasteiger partial charge in [-0.05, 0) is 31.2 Å². The van der Waals surface area contributed by atoms with Gasteiger partial charge in [-0.3, -0.25) is 0 Å². The lowest BCUT2D eigenvalue weighted by Gasteiger charge is -2.17. The van der Waals surface area contributed by atoms with Crippen LogP contribution >= 0.6 is 0 Å². The zero-order chi connectivity index (χ0) is 11.8. The van der Waals surface area contributed by atoms with Crippen LogP contribution in [0.3, 0.4) is 0 Å². The molecule has 4 heteroatoms. The van der Waals surface area contributed by atoms with Gasteiger partial charge in [0, 0.05) is 18.7 Å². The summed E-state index contributed by atoms with van der Waals surface area (Å²) in [6, 6.07) is 6.62. The molecule has 17 heavy (non-hydrogen) atoms. The minimum Gasteiger partial charge on any atom is -0.325 e. The van der Waals surface area contributed by atoms with Crippen LogP contribution in [0.25, 0.3) is 11.3 Å². The summed E-state index contributed by atoms with van der Waals surface area (Å²) in [6.07, 6.45) is 0. The van der Waals surface area contributed by atoms with Gasteiger partial charge in [-0.25, -0.2) is 9.37 Å². The summed E-state index contributed by atoms with van der Waals surface area (Å²) in [5.41, 5.74) is 3.15. The molecular formula is C13H14FN3. The van der Waals surface area contributed by atoms with Gasteiger partial charge < -0.3 is 9.88 Å². The summed E-state index contributed by atoms with van der Waals surface area (Å²) in [5.74, 6) is 0.861. The fourth-order valence-electron chi connectivity index (χ4n) is 2.37. The molecule has 3 rings (SSSR count). The normalized spacial score (nSPS) is 14.7. The zero-order valence-corrected chi connectivity index (χ0v) is 9.70. The van der Waals surface area contributed by atoms with Crippen molar-refractivity contribution in [3.63, 3.8) is 0 Å². The molecule has 0 spiro atoms. The summed E-state index contributed by atoms with van der Waals surface area (Å²) in [6.45, 7) is 4.69. The Hall–Kier alpha value is -1.68. The van der Waals surface area contributed by atoms with Crippen LogP contribution in [0, 0.1) is 12.7 Å². The first-order valence-electron chi connectivity index (χ1n) is 5.78. The van der Waals surface area contributed by atoms with E-state index in [4.69, 9.17) is 0 Å². The third-order valence-electron chi connectivity index (χ3n) is 3.13. The molecule has 1 aromatic heterocycles. The SMILES string of the molecule is Cc1nc2n(c1-c1ccc(F)cc1)CCNC2. The number of aryl methyl sites for hydroxylation is 1. The summed E-state index contributed by atoms with van der Waals surface area (Å²) in [4.78, 5) is 4.56. The Morgan fingerprint density at radius 2 is 2.06 bits per heavy atom. The second-order valence-corrected chi connectivity index (χ2v) is 4.30. The van der Waals surface area contributed by atoms with Crippen molar-refractivity contribution in [2.45, 2.75) is 20.0 Å². The van der Waals surface area contributed by atoms with E-state index in [0.717, 1.165) is 42.4 Å². The van der Waals surface area contributed by atoms with Crippen LogP contribution in [0.5, 0.6) is 0 Å². The largest absolute Gasteiger partial charge is 0.325 e. The van der Waals surface area contributed by atoms with Crippen molar-refractivity contribution < 1.29 is 4.39 Å². The predicted molar refractivity (Wildman–Crippen MR) is 64.1 cm³/mol. The minimum atomic E-state index is -0.202. The van der Waals surface area contributed by atoms with Crippen molar-refractivity contribution >= 4 is 0 Å². The van der Waals surface area contributed by atoms with Gasteiger partial charge in [-0.1, -0.05) is 0 Å². The Kier molecular flexibility index (Phi) is 2.44. The van der Waals surface area contributed by atoms with Crippen molar-refractivity contribution in [1.29, 1.82) is 0 Å². The molecule has 2 aromatic rings. The molecule has 2 heterocycles. The van der Waals surface area contributed by atoms with Crippen LogP contribution < -0.4 is 5.32 Å². The first-order chi connectivity index (χ1) is 8.25. The molecule has 1 aliphatic heterocycles. The average Bonchev–Trinajstić information content (AvgIpc) is 2.66. The van der Waals surface area contributed by atoms with Crippen LogP contribution in [0.2, 0.25) is 0 Å². The fourth-order valence-corrected chi connectivity index (χ4v) is 2.37. The fraction of sp³-hybridized carbons (Fsp3) is 0.308. The van der Waals surface area contributed by atoms with E-state index in [2.05, 4.69) is 14.9 Å². The van der Waals surface area contributed by atoms with Gasteiger partial charge in [0.25, 0.3) is 0 Å². The summed E-state index contributed by atoms with van der Waals surface area (Å²) in [5, 5.41) is 3.30. The van der Waals surface area contributed by atoms with Crippen molar-refractivity contribution in [3.8, 4) is 11.3 Å². The van der Waals surface area contributed by atoms with E-state index in [1.54, 1.807) is 0 Å². The summed E-state index contributed by atoms with van der Waals surface area (Å²) < 4.78 is 15.2. The third kappa shape index (κ3) is 1.74. The number of nitrogens with zero attached hydrogens (tertiary/aromatic N) is 2. The highest BCUT2D eigenvalue weighted by molar-refractivity contribution is 5.63. The molecule has 1 aliphatic rings. The van der Waals surface area contributed by atoms with E-state index in [0.29, 0.717) is 0 Å². The molecule has 0 atom stereocenters. The number of hydrogen-bond donors (Lipinski definition) is 1. The Morgan fingerprint density at radius 3 is 2.82 bits per heavy atom. The molecule has 0 fully saturated rings. The van der Waals surface area contributed by atoms with Crippen molar-refractivity contribution in [2.24, 2.45) is 0 Å². The van der Waals surface area contributed by atoms with Crippen LogP contribution in [0.1, 0.15) is 11.5 Å². The third-order valence-corrected chi connectivity index (χ3v) is 3.13. The first-order valence-corrected chi connectivity index (χ1v) is 5.78. The van der Waals surface area contributed by atoms with E-state index in [-0.39, 0.29) is 5.82 Å². The number of benzene rings is 1. The first kappa shape index (κ1) is 10.5. The second kappa shape index (κ2) is 3.96. The Balaban J connectivity index is 2.13. The van der Waals surface area contributed by atoms with E-state index < -0.39 is 0 Å². The lowest BCUT2D eigenvalue weighted by atomic mass is 10.1. The summed E-state index contributed by atoms with van der Waals surface area (Å²) in [7, 11) is 0. The molecule has 0 saturated heterocycles. The minimum absolute atomic E-state index is 0.202. The highest BCUT2D eigenvalue weighted by atomic mass is 19.1. The molecule has 0 bridgehead atoms. The molecule has 0 unspecified atom stereocenters. The van der Waals surface area contributed by atoms with Gasteiger partial charge in [0.2, 0.25) is 0 Å². The molecule has 0 radical (unpaired) electrons. The van der Waals surface area contributed by atoms with E-state index in [1.807, 2.05) is 19.1 Å². The molecular weight excluding hydrogens is 217 g/mol. The summed E-state index contributed by atoms with van der Waals surface area (Å²) >= 11 is 0. The Morgan fingerprint density at radius 1 is 1.29 bits per heavy atom. The number of nitrogens with one attached hydrogen (secondary N) is 1. The van der Waals surface area contributed by atoms with Gasteiger partial charge in [0.05, 0.1) is 17.9 Å². The van der Waals surface area contributed by atoms with Gasteiger partial charge in [-0.15, -0.1) is 0 Å². The lowest BCUT2D eigenvalue weighted by molar-refractivity contribution is 0.508. The van der Waals surface area contributed by atoms with Crippen molar-refractivity contribution in [1.82, 2.24) is 14.9 Å². The smallest absolute Gasteiger partial charge is 0.123 e. The quantitative estimate of drug-likeness (QED) is 0.814. The maximum absolute atomic E-state index is 12.9. The number of imidazole rings is 1. The van der Waals surface area contributed by atoms with Crippen LogP contribution in [-0.4, -0.2) is 16.1 Å². The highest BCUT2D eigenvalue weighted by Gasteiger charge is 2.18. The topological polar surface area (TPSA) is 29.9 Å². The predicted octanol–water partition coefficient (Wildman–Crippen LogP) is 2.10. The number of halogens is 1. The van der Waals surface area contributed by atoms with Crippen LogP contribution in [-0.2, 0) is 13.1 Å². The molecule has 0 saturated carbocycles. The molecule has 1 N–H and O–H groups in total. The average molecular weight is 231 g/mol. The monoisotopic (exact) mass is 231 g/mol. The number of aromatic nitrogens is 2. The van der Waals surface area contributed by atoms with E-state index in [9.17, 15) is 4.39 Å². The van der Waals surface area contributed by atoms with Crippen LogP contribution in [0.15, 0.2) is 24.3 Å². The maximum Gasteiger partial charge on any atom is 0.123 e. The highest BCUT2D eigenvalue weighted by Crippen LogP contribution is 2.26. The Labute approximate surface area is 99.3 Å². The van der Waals surface area contributed by atoms with Crippen LogP contribution in [0.4, 0.5) is 4.39 Å². The van der Waals surface area contributed by atoms with Gasteiger partial charge >= 0.3 is 0 Å². The van der Waals surface area contributed by atoms with Crippen molar-refractivity contribution in [3.05, 3.63) is 41.6 Å². The van der Waals surface area contributed by atoms with E-state index >= 15 is 0 Å². The number of rotatable bonds is 1. The molecule has 0 amide bonds. The van der Waals surface area contributed by atoms with Crippen molar-refractivity contribution in [2.75, 3.05) is 6.54 Å². The second-order valence-electron chi connectivity index (χ2n) is 4.30. The number of fused-ring (bicyclic) bond motifs is 1. The standard InChI is InChI=1S/C13H14FN3/c1-9-13(10-2-4-11(14)5-3-10)17-7-6-15-8-12(17)16-9/h2-5,15H,6-8H2,1H3. The zero-order valence-electron chi connectivity index (χ0n) is 9.70. The maximum atomic E-state index is 12.9. The van der Waals surface area contributed by atoms with Gasteiger partial charge in [0.15, 0.2) is 0 Å². The van der Waals surface area contributed by atoms with Gasteiger partial charge in [0.1, 0.15) is 11.6 Å². The van der Waals surface area contributed by atoms with E-state index in [1.165, 1.54) is 12.1 Å². The molecule has 88 valence electrons. The molecule has 1 aromatic carbocycles. The van der Waals surface area contributed by atoms with Gasteiger partial charge in [-0.2, -0.15) is 0 Å². The lowest BCUT2D eigenvalue weighted by Crippen LogP contribution is -2.28. The molecule has 0 aliphatic carbocycles. The Bertz CT molecular complexity index is 543. The number of hydrogen-bond acceptors (Lipinski definition) is 2.